The van der Waals surface area contributed by atoms with Crippen molar-refractivity contribution in [3.8, 4) is 0 Å². The quantitative estimate of drug-likeness (QED) is 0.547. The maximum Gasteiger partial charge on any atom is 0.258 e. The van der Waals surface area contributed by atoms with Crippen LogP contribution in [0.3, 0.4) is 0 Å². The number of benzene rings is 1. The molecule has 0 aromatic heterocycles. The molecule has 1 aliphatic heterocycles. The molecular formula is C13H13NOS. The third-order valence-corrected chi connectivity index (χ3v) is 2.98. The predicted molar refractivity (Wildman–Crippen MR) is 68.5 cm³/mol. The Balaban J connectivity index is 2.21. The molecule has 1 heterocycles. The van der Waals surface area contributed by atoms with Gasteiger partial charge in [0.25, 0.3) is 5.91 Å². The Kier molecular flexibility index (Phi) is 3.15. The van der Waals surface area contributed by atoms with E-state index in [1.807, 2.05) is 37.3 Å². The van der Waals surface area contributed by atoms with Crippen LogP contribution in [0.15, 0.2) is 42.0 Å². The summed E-state index contributed by atoms with van der Waals surface area (Å²) in [6.07, 6.45) is 2.77. The van der Waals surface area contributed by atoms with Crippen LogP contribution in [-0.2, 0) is 0 Å². The van der Waals surface area contributed by atoms with Crippen LogP contribution in [0.5, 0.6) is 0 Å². The molecule has 0 bridgehead atoms. The Morgan fingerprint density at radius 3 is 2.62 bits per heavy atom. The first-order valence-corrected chi connectivity index (χ1v) is 5.64. The van der Waals surface area contributed by atoms with Crippen molar-refractivity contribution < 1.29 is 4.79 Å². The largest absolute Gasteiger partial charge is 0.298 e. The molecule has 0 saturated carbocycles. The highest BCUT2D eigenvalue weighted by Crippen LogP contribution is 2.15. The van der Waals surface area contributed by atoms with Crippen molar-refractivity contribution in [2.24, 2.45) is 0 Å². The maximum absolute atomic E-state index is 12.1. The van der Waals surface area contributed by atoms with Crippen molar-refractivity contribution in [2.75, 3.05) is 6.54 Å². The van der Waals surface area contributed by atoms with Crippen LogP contribution in [0.4, 0.5) is 0 Å². The molecule has 1 amide bonds. The second-order valence-electron chi connectivity index (χ2n) is 3.90. The van der Waals surface area contributed by atoms with Crippen LogP contribution in [0.1, 0.15) is 23.7 Å². The van der Waals surface area contributed by atoms with E-state index < -0.39 is 0 Å². The molecule has 1 aliphatic rings. The normalized spacial score (nSPS) is 15.9. The summed E-state index contributed by atoms with van der Waals surface area (Å²) in [6, 6.07) is 9.25. The van der Waals surface area contributed by atoms with Crippen molar-refractivity contribution in [3.63, 3.8) is 0 Å². The van der Waals surface area contributed by atoms with Gasteiger partial charge in [-0.05, 0) is 19.1 Å². The molecule has 0 N–H and O–H groups in total. The van der Waals surface area contributed by atoms with Crippen LogP contribution in [-0.4, -0.2) is 22.3 Å². The fourth-order valence-corrected chi connectivity index (χ4v) is 2.07. The van der Waals surface area contributed by atoms with Crippen molar-refractivity contribution in [1.29, 1.82) is 0 Å². The minimum absolute atomic E-state index is 0.00523. The van der Waals surface area contributed by atoms with Gasteiger partial charge in [-0.3, -0.25) is 9.69 Å². The topological polar surface area (TPSA) is 20.3 Å². The number of amides is 1. The van der Waals surface area contributed by atoms with Gasteiger partial charge in [0.05, 0.1) is 4.99 Å². The summed E-state index contributed by atoms with van der Waals surface area (Å²) in [4.78, 5) is 14.5. The van der Waals surface area contributed by atoms with Gasteiger partial charge in [0.1, 0.15) is 0 Å². The van der Waals surface area contributed by atoms with Crippen molar-refractivity contribution in [2.45, 2.75) is 13.3 Å². The summed E-state index contributed by atoms with van der Waals surface area (Å²) in [5.41, 5.74) is 1.93. The Hall–Kier alpha value is -1.48. The lowest BCUT2D eigenvalue weighted by molar-refractivity contribution is 0.0857. The number of rotatable bonds is 1. The van der Waals surface area contributed by atoms with Crippen LogP contribution < -0.4 is 0 Å². The molecule has 16 heavy (non-hydrogen) atoms. The molecule has 3 heteroatoms. The molecule has 0 saturated heterocycles. The number of hydrogen-bond acceptors (Lipinski definition) is 2. The van der Waals surface area contributed by atoms with Crippen molar-refractivity contribution in [1.82, 2.24) is 4.90 Å². The van der Waals surface area contributed by atoms with Crippen LogP contribution in [0.25, 0.3) is 0 Å². The third-order valence-electron chi connectivity index (χ3n) is 2.62. The first-order valence-electron chi connectivity index (χ1n) is 5.24. The monoisotopic (exact) mass is 231 g/mol. The molecular weight excluding hydrogens is 218 g/mol. The molecule has 0 aliphatic carbocycles. The van der Waals surface area contributed by atoms with Crippen LogP contribution in [0.2, 0.25) is 0 Å². The molecule has 1 aromatic rings. The molecule has 82 valence electrons. The minimum atomic E-state index is -0.00523. The number of carbonyl (C=O) groups excluding carboxylic acids is 1. The molecule has 2 nitrogen and oxygen atoms in total. The molecule has 0 unspecified atom stereocenters. The highest BCUT2D eigenvalue weighted by molar-refractivity contribution is 7.80. The highest BCUT2D eigenvalue weighted by Gasteiger charge is 2.21. The molecule has 0 atom stereocenters. The van der Waals surface area contributed by atoms with E-state index in [4.69, 9.17) is 12.2 Å². The Morgan fingerprint density at radius 1 is 1.31 bits per heavy atom. The maximum atomic E-state index is 12.1. The van der Waals surface area contributed by atoms with Gasteiger partial charge in [0.2, 0.25) is 0 Å². The van der Waals surface area contributed by atoms with Gasteiger partial charge in [-0.25, -0.2) is 0 Å². The Morgan fingerprint density at radius 2 is 2.00 bits per heavy atom. The van der Waals surface area contributed by atoms with Gasteiger partial charge in [0.15, 0.2) is 0 Å². The van der Waals surface area contributed by atoms with Crippen molar-refractivity contribution >= 4 is 23.1 Å². The fourth-order valence-electron chi connectivity index (χ4n) is 1.69. The molecule has 0 radical (unpaired) electrons. The average Bonchev–Trinajstić information content (AvgIpc) is 2.29. The van der Waals surface area contributed by atoms with E-state index in [9.17, 15) is 4.79 Å². The Bertz CT molecular complexity index is 450. The summed E-state index contributed by atoms with van der Waals surface area (Å²) < 4.78 is 0. The van der Waals surface area contributed by atoms with E-state index >= 15 is 0 Å². The Labute approximate surface area is 101 Å². The highest BCUT2D eigenvalue weighted by atomic mass is 32.1. The number of hydrogen-bond donors (Lipinski definition) is 0. The van der Waals surface area contributed by atoms with E-state index in [2.05, 4.69) is 6.08 Å². The van der Waals surface area contributed by atoms with Gasteiger partial charge < -0.3 is 0 Å². The first-order chi connectivity index (χ1) is 7.68. The van der Waals surface area contributed by atoms with Gasteiger partial charge in [-0.1, -0.05) is 42.1 Å². The minimum Gasteiger partial charge on any atom is -0.298 e. The van der Waals surface area contributed by atoms with E-state index in [-0.39, 0.29) is 5.91 Å². The summed E-state index contributed by atoms with van der Waals surface area (Å²) in [5, 5.41) is 0. The third kappa shape index (κ3) is 2.19. The van der Waals surface area contributed by atoms with E-state index in [1.165, 1.54) is 5.57 Å². The fraction of sp³-hybridized carbons (Fsp3) is 0.231. The summed E-state index contributed by atoms with van der Waals surface area (Å²) in [6.45, 7) is 2.63. The number of carbonyl (C=O) groups is 1. The second-order valence-corrected chi connectivity index (χ2v) is 4.37. The standard InChI is InChI=1S/C13H13NOS/c1-10-7-8-14(12(16)9-10)13(15)11-5-3-2-4-6-11/h2-7H,8-9H2,1H3. The molecule has 0 fully saturated rings. The number of thiocarbonyl (C=S) groups is 1. The second kappa shape index (κ2) is 4.58. The zero-order valence-corrected chi connectivity index (χ0v) is 9.96. The lowest BCUT2D eigenvalue weighted by Crippen LogP contribution is -2.38. The summed E-state index contributed by atoms with van der Waals surface area (Å²) >= 11 is 5.24. The zero-order valence-electron chi connectivity index (χ0n) is 9.14. The van der Waals surface area contributed by atoms with Crippen LogP contribution >= 0.6 is 12.2 Å². The predicted octanol–water partition coefficient (Wildman–Crippen LogP) is 2.81. The van der Waals surface area contributed by atoms with Crippen LogP contribution in [0, 0.1) is 0 Å². The van der Waals surface area contributed by atoms with Crippen molar-refractivity contribution in [3.05, 3.63) is 47.5 Å². The van der Waals surface area contributed by atoms with E-state index in [1.54, 1.807) is 4.90 Å². The zero-order chi connectivity index (χ0) is 11.5. The smallest absolute Gasteiger partial charge is 0.258 e. The lowest BCUT2D eigenvalue weighted by atomic mass is 10.1. The first kappa shape index (κ1) is 11.0. The average molecular weight is 231 g/mol. The lowest BCUT2D eigenvalue weighted by Gasteiger charge is -2.26. The van der Waals surface area contributed by atoms with E-state index in [0.717, 1.165) is 0 Å². The summed E-state index contributed by atoms with van der Waals surface area (Å²) in [5.74, 6) is -0.00523. The SMILES string of the molecule is CC1=CCN(C(=O)c2ccccc2)C(=S)C1. The molecule has 0 spiro atoms. The molecule has 2 rings (SSSR count). The molecule has 1 aromatic carbocycles. The van der Waals surface area contributed by atoms with Gasteiger partial charge in [-0.15, -0.1) is 0 Å². The van der Waals surface area contributed by atoms with E-state index in [0.29, 0.717) is 23.5 Å². The number of nitrogens with zero attached hydrogens (tertiary/aromatic N) is 1. The van der Waals surface area contributed by atoms with Gasteiger partial charge in [0, 0.05) is 18.5 Å². The van der Waals surface area contributed by atoms with Gasteiger partial charge >= 0.3 is 0 Å². The van der Waals surface area contributed by atoms with Gasteiger partial charge in [-0.2, -0.15) is 0 Å². The summed E-state index contributed by atoms with van der Waals surface area (Å²) in [7, 11) is 0.